The Kier molecular flexibility index (Phi) is 14.4. The van der Waals surface area contributed by atoms with E-state index in [1.54, 1.807) is 30.5 Å². The van der Waals surface area contributed by atoms with Gasteiger partial charge in [-0.05, 0) is 97.3 Å². The molecule has 64 heavy (non-hydrogen) atoms. The number of Topliss-reactive ketones (excluding diaryl/α,β-unsaturated/α-hetero) is 2. The number of hydrogen-bond donors (Lipinski definition) is 5. The molecule has 0 bridgehead atoms. The number of aliphatic hydroxyl groups excluding tert-OH is 1. The van der Waals surface area contributed by atoms with E-state index in [9.17, 15) is 24.6 Å². The number of aromatic nitrogens is 2. The Morgan fingerprint density at radius 3 is 2.62 bits per heavy atom. The van der Waals surface area contributed by atoms with Crippen LogP contribution >= 0.6 is 0 Å². The number of aliphatic hydroxyl groups is 1. The topological polar surface area (TPSA) is 191 Å². The average molecular weight is 935 g/mol. The predicted molar refractivity (Wildman–Crippen MR) is 245 cm³/mol. The van der Waals surface area contributed by atoms with Gasteiger partial charge in [-0.2, -0.15) is 0 Å². The summed E-state index contributed by atoms with van der Waals surface area (Å²) in [5.74, 6) is 9.29. The molecule has 1 amide bonds. The molecule has 8 unspecified atom stereocenters. The Morgan fingerprint density at radius 1 is 1.14 bits per heavy atom. The van der Waals surface area contributed by atoms with Gasteiger partial charge in [-0.25, -0.2) is 9.18 Å². The van der Waals surface area contributed by atoms with Crippen LogP contribution in [-0.4, -0.2) is 118 Å². The van der Waals surface area contributed by atoms with Crippen molar-refractivity contribution in [1.82, 2.24) is 20.6 Å². The number of phenolic OH excluding ortho intramolecular Hbond substituents is 1. The molecular formula is C46H51FN4O10S3. The maximum absolute atomic E-state index is 18.0. The zero-order valence-corrected chi connectivity index (χ0v) is 38.6. The minimum Gasteiger partial charge on any atom is -0.508 e. The number of nitrogens with zero attached hydrogens (tertiary/aromatic N) is 1. The van der Waals surface area contributed by atoms with Crippen LogP contribution < -0.4 is 10.6 Å². The lowest BCUT2D eigenvalue weighted by Gasteiger charge is -2.45. The molecule has 2 saturated heterocycles. The number of H-pyrrole nitrogens is 1. The molecule has 18 heteroatoms. The number of hydrogen-bond acceptors (Lipinski definition) is 14. The summed E-state index contributed by atoms with van der Waals surface area (Å²) in [7, 11) is -0.881. The number of carbonyl (C=O) groups excluding carboxylic acids is 3. The van der Waals surface area contributed by atoms with Crippen molar-refractivity contribution in [1.29, 1.82) is 0 Å². The molecule has 2 aromatic heterocycles. The Morgan fingerprint density at radius 2 is 1.91 bits per heavy atom. The standard InChI is InChI=1S/C46H51FN4O10S3/c1-24(2)49-32-15-16-38(58-25(32)3)60-37-23-46(47,43(55)42-41-28(17-19-48-42)31-21-27(52)13-14-33(31)50-41)26(4)59-44(37)61-36-12-10-8-7-9-11-30-39(36)29(18-20-64(6,62)63)34(53)22-35(54)40(30)51-45(56)57-5/h7-8,13-14,17-19,21,24-26,32,34,36-39,44,49-50,52-53H,15-16,20,22-23H2,1-6H3,(H,51,56)/b8-7-,29-18-/t25?,26?,32?,34-,36-,37?,38?,39?,44?,46?/m0/s1. The monoisotopic (exact) mass is 934 g/mol. The molecule has 3 aromatic rings. The van der Waals surface area contributed by atoms with Crippen molar-refractivity contribution in [2.75, 3.05) is 19.1 Å². The molecule has 2 aliphatic carbocycles. The highest BCUT2D eigenvalue weighted by Crippen LogP contribution is 2.43. The molecule has 2 aliphatic heterocycles. The second-order valence-electron chi connectivity index (χ2n) is 16.7. The van der Waals surface area contributed by atoms with Crippen LogP contribution in [0, 0.1) is 29.6 Å². The summed E-state index contributed by atoms with van der Waals surface area (Å²) in [6, 6.07) is 6.59. The number of aromatic hydroxyl groups is 1. The summed E-state index contributed by atoms with van der Waals surface area (Å²) in [5.41, 5.74) is -1.92. The summed E-state index contributed by atoms with van der Waals surface area (Å²) >= 11 is 11.2. The number of fused-ring (bicyclic) bond motifs is 4. The highest BCUT2D eigenvalue weighted by Gasteiger charge is 2.56. The van der Waals surface area contributed by atoms with E-state index >= 15 is 4.39 Å². The van der Waals surface area contributed by atoms with Gasteiger partial charge in [-0.3, -0.25) is 19.9 Å². The van der Waals surface area contributed by atoms with Gasteiger partial charge in [-0.15, -0.1) is 0 Å². The first-order valence-electron chi connectivity index (χ1n) is 20.9. The number of amides is 1. The van der Waals surface area contributed by atoms with Crippen LogP contribution in [0.3, 0.4) is 0 Å². The number of carbonyl (C=O) groups is 3. The normalized spacial score (nSPS) is 30.9. The molecule has 5 N–H and O–H groups in total. The van der Waals surface area contributed by atoms with E-state index in [-0.39, 0.29) is 57.7 Å². The minimum atomic E-state index is -2.73. The van der Waals surface area contributed by atoms with Gasteiger partial charge in [0.25, 0.3) is 0 Å². The number of benzene rings is 1. The molecule has 10 atom stereocenters. The Balaban J connectivity index is 1.31. The quantitative estimate of drug-likeness (QED) is 0.0994. The van der Waals surface area contributed by atoms with Gasteiger partial charge < -0.3 is 44.2 Å². The molecule has 0 radical (unpaired) electrons. The largest absolute Gasteiger partial charge is 0.508 e. The van der Waals surface area contributed by atoms with E-state index in [4.69, 9.17) is 46.1 Å². The first-order chi connectivity index (χ1) is 30.4. The molecule has 0 spiro atoms. The smallest absolute Gasteiger partial charge is 0.411 e. The third-order valence-electron chi connectivity index (χ3n) is 11.7. The van der Waals surface area contributed by atoms with Crippen molar-refractivity contribution in [3.05, 3.63) is 71.2 Å². The number of alkyl halides is 1. The molecule has 0 saturated carbocycles. The van der Waals surface area contributed by atoms with Crippen molar-refractivity contribution in [2.24, 2.45) is 5.92 Å². The second-order valence-corrected chi connectivity index (χ2v) is 23.9. The number of phenols is 1. The van der Waals surface area contributed by atoms with Gasteiger partial charge in [0.1, 0.15) is 23.7 Å². The van der Waals surface area contributed by atoms with Crippen LogP contribution in [0.1, 0.15) is 63.9 Å². The van der Waals surface area contributed by atoms with Crippen LogP contribution in [0.15, 0.2) is 65.5 Å². The lowest BCUT2D eigenvalue weighted by molar-refractivity contribution is -0.319. The maximum Gasteiger partial charge on any atom is 0.411 e. The lowest BCUT2D eigenvalue weighted by atomic mass is 9.82. The van der Waals surface area contributed by atoms with Crippen LogP contribution in [0.25, 0.3) is 21.8 Å². The zero-order valence-electron chi connectivity index (χ0n) is 36.1. The van der Waals surface area contributed by atoms with Gasteiger partial charge >= 0.3 is 6.09 Å². The average Bonchev–Trinajstić information content (AvgIpc) is 3.60. The molecular weight excluding hydrogens is 884 g/mol. The predicted octanol–water partition coefficient (Wildman–Crippen LogP) is 4.88. The van der Waals surface area contributed by atoms with Crippen molar-refractivity contribution in [3.63, 3.8) is 0 Å². The fraction of sp³-hybridized carbons (Fsp3) is 0.478. The second kappa shape index (κ2) is 19.5. The highest BCUT2D eigenvalue weighted by atomic mass is 33.1. The number of allylic oxidation sites excluding steroid dienone is 3. The van der Waals surface area contributed by atoms with Gasteiger partial charge in [0.05, 0.1) is 42.6 Å². The van der Waals surface area contributed by atoms with Gasteiger partial charge in [0, 0.05) is 58.7 Å². The fourth-order valence-corrected chi connectivity index (χ4v) is 9.46. The first kappa shape index (κ1) is 47.4. The Labute approximate surface area is 380 Å². The summed E-state index contributed by atoms with van der Waals surface area (Å²) in [6.45, 7) is 7.41. The molecule has 2 fully saturated rings. The molecule has 1 aromatic carbocycles. The number of methoxy groups -OCH3 is 1. The van der Waals surface area contributed by atoms with Crippen LogP contribution in [0.5, 0.6) is 5.75 Å². The summed E-state index contributed by atoms with van der Waals surface area (Å²) in [4.78, 5) is 48.7. The number of alkyl carbamates (subject to hydrolysis) is 1. The minimum absolute atomic E-state index is 0.0186. The van der Waals surface area contributed by atoms with Crippen molar-refractivity contribution in [3.8, 4) is 29.4 Å². The third kappa shape index (κ3) is 10.3. The van der Waals surface area contributed by atoms with Crippen molar-refractivity contribution in [2.45, 2.75) is 114 Å². The number of pyridine rings is 1. The van der Waals surface area contributed by atoms with E-state index in [2.05, 4.69) is 44.3 Å². The Hall–Kier alpha value is -4.60. The number of aromatic amines is 1. The van der Waals surface area contributed by atoms with Gasteiger partial charge in [-0.1, -0.05) is 50.8 Å². The number of rotatable bonds is 11. The maximum atomic E-state index is 18.0. The molecule has 4 heterocycles. The number of ketones is 2. The van der Waals surface area contributed by atoms with Crippen molar-refractivity contribution >= 4 is 69.0 Å². The summed E-state index contributed by atoms with van der Waals surface area (Å²) < 4.78 is 49.1. The number of nitrogens with one attached hydrogen (secondary N) is 3. The first-order valence-corrected chi connectivity index (χ1v) is 25.0. The van der Waals surface area contributed by atoms with Crippen LogP contribution in [0.4, 0.5) is 9.18 Å². The van der Waals surface area contributed by atoms with E-state index in [1.165, 1.54) is 31.3 Å². The third-order valence-corrected chi connectivity index (χ3v) is 13.3. The highest BCUT2D eigenvalue weighted by molar-refractivity contribution is 8.56. The van der Waals surface area contributed by atoms with Crippen LogP contribution in [-0.2, 0) is 58.0 Å². The molecule has 14 nitrogen and oxygen atoms in total. The van der Waals surface area contributed by atoms with Crippen molar-refractivity contribution < 1.29 is 52.7 Å². The van der Waals surface area contributed by atoms with E-state index in [1.807, 2.05) is 20.8 Å². The number of ether oxygens (including phenoxy) is 5. The summed E-state index contributed by atoms with van der Waals surface area (Å²) in [6.07, 6.45) is -1.23. The van der Waals surface area contributed by atoms with E-state index in [0.29, 0.717) is 29.1 Å². The summed E-state index contributed by atoms with van der Waals surface area (Å²) in [5, 5.41) is 29.1. The lowest BCUT2D eigenvalue weighted by Crippen LogP contribution is -2.59. The molecule has 4 aliphatic rings. The fourth-order valence-electron chi connectivity index (χ4n) is 8.55. The van der Waals surface area contributed by atoms with E-state index in [0.717, 1.165) is 7.11 Å². The SMILES string of the molecule is COC(=O)NC1=C2C#C/C=C\C#C[C@H](OC3OC(C)C(F)(C(=O)c4nccc5c4[nH]c4ccc(O)cc45)CC3OC3CCC(NC(C)C)C(C)O3)C2/C(=C\CS(C)(=S)=S)[C@@H](O)CC1=O. The van der Waals surface area contributed by atoms with Gasteiger partial charge in [0.15, 0.2) is 18.4 Å². The number of halogens is 1. The Bertz CT molecular complexity index is 2680. The van der Waals surface area contributed by atoms with E-state index < -0.39 is 86.2 Å². The zero-order chi connectivity index (χ0) is 46.1. The molecule has 7 rings (SSSR count). The van der Waals surface area contributed by atoms with Crippen LogP contribution in [0.2, 0.25) is 0 Å². The molecule has 340 valence electrons. The van der Waals surface area contributed by atoms with Gasteiger partial charge in [0.2, 0.25) is 11.5 Å².